The van der Waals surface area contributed by atoms with Gasteiger partial charge in [0.25, 0.3) is 5.91 Å². The summed E-state index contributed by atoms with van der Waals surface area (Å²) < 4.78 is 0. The summed E-state index contributed by atoms with van der Waals surface area (Å²) in [6.07, 6.45) is 1.90. The second-order valence-corrected chi connectivity index (χ2v) is 4.37. The minimum atomic E-state index is -0.857. The molecular weight excluding hydrogens is 244 g/mol. The molecule has 2 rings (SSSR count). The Morgan fingerprint density at radius 1 is 1.47 bits per heavy atom. The maximum absolute atomic E-state index is 12.0. The van der Waals surface area contributed by atoms with E-state index in [1.807, 2.05) is 0 Å². The van der Waals surface area contributed by atoms with Crippen molar-refractivity contribution in [2.45, 2.75) is 6.42 Å². The van der Waals surface area contributed by atoms with Gasteiger partial charge in [-0.1, -0.05) is 11.6 Å². The molecule has 1 saturated heterocycles. The van der Waals surface area contributed by atoms with Crippen molar-refractivity contribution in [1.29, 1.82) is 0 Å². The number of aromatic nitrogens is 1. The Morgan fingerprint density at radius 2 is 2.24 bits per heavy atom. The second kappa shape index (κ2) is 4.71. The maximum Gasteiger partial charge on any atom is 0.308 e. The molecule has 0 spiro atoms. The molecule has 1 atom stereocenters. The normalized spacial score (nSPS) is 19.4. The molecule has 0 radical (unpaired) electrons. The Hall–Kier alpha value is -1.62. The van der Waals surface area contributed by atoms with E-state index in [0.717, 1.165) is 0 Å². The van der Waals surface area contributed by atoms with Crippen LogP contribution in [0.1, 0.15) is 16.9 Å². The number of carbonyl (C=O) groups is 2. The summed E-state index contributed by atoms with van der Waals surface area (Å²) in [6.45, 7) is 0.707. The molecule has 1 fully saturated rings. The molecule has 5 nitrogen and oxygen atoms in total. The molecule has 0 bridgehead atoms. The molecule has 1 aliphatic heterocycles. The van der Waals surface area contributed by atoms with Crippen LogP contribution < -0.4 is 0 Å². The predicted molar refractivity (Wildman–Crippen MR) is 60.9 cm³/mol. The van der Waals surface area contributed by atoms with Gasteiger partial charge in [-0.2, -0.15) is 0 Å². The predicted octanol–water partition coefficient (Wildman–Crippen LogP) is 1.28. The standard InChI is InChI=1S/C11H11ClN2O3/c12-8-1-2-9(13-5-8)10(15)14-4-3-7(6-14)11(16)17/h1-2,5,7H,3-4,6H2,(H,16,17)/t7-/m1/s1. The Bertz CT molecular complexity index is 447. The van der Waals surface area contributed by atoms with Crippen LogP contribution in [0.15, 0.2) is 18.3 Å². The van der Waals surface area contributed by atoms with Gasteiger partial charge in [0.15, 0.2) is 0 Å². The Kier molecular flexibility index (Phi) is 3.28. The number of carboxylic acid groups (broad SMARTS) is 1. The first-order chi connectivity index (χ1) is 8.08. The van der Waals surface area contributed by atoms with Gasteiger partial charge < -0.3 is 10.0 Å². The first kappa shape index (κ1) is 11.9. The third-order valence-corrected chi connectivity index (χ3v) is 2.99. The average Bonchev–Trinajstić information content (AvgIpc) is 2.78. The molecule has 1 amide bonds. The van der Waals surface area contributed by atoms with Gasteiger partial charge in [0, 0.05) is 19.3 Å². The highest BCUT2D eigenvalue weighted by atomic mass is 35.5. The van der Waals surface area contributed by atoms with Crippen LogP contribution in [0.5, 0.6) is 0 Å². The number of aliphatic carboxylic acids is 1. The van der Waals surface area contributed by atoms with E-state index >= 15 is 0 Å². The van der Waals surface area contributed by atoms with E-state index in [9.17, 15) is 9.59 Å². The number of hydrogen-bond acceptors (Lipinski definition) is 3. The largest absolute Gasteiger partial charge is 0.481 e. The number of carboxylic acids is 1. The summed E-state index contributed by atoms with van der Waals surface area (Å²) in [5.41, 5.74) is 0.292. The van der Waals surface area contributed by atoms with Crippen molar-refractivity contribution in [2.75, 3.05) is 13.1 Å². The fourth-order valence-electron chi connectivity index (χ4n) is 1.81. The van der Waals surface area contributed by atoms with E-state index in [0.29, 0.717) is 23.7 Å². The molecular formula is C11H11ClN2O3. The zero-order chi connectivity index (χ0) is 12.4. The first-order valence-corrected chi connectivity index (χ1v) is 5.59. The topological polar surface area (TPSA) is 70.5 Å². The maximum atomic E-state index is 12.0. The first-order valence-electron chi connectivity index (χ1n) is 5.21. The number of halogens is 1. The van der Waals surface area contributed by atoms with Crippen LogP contribution in [-0.2, 0) is 4.79 Å². The third kappa shape index (κ3) is 2.55. The van der Waals surface area contributed by atoms with Crippen molar-refractivity contribution >= 4 is 23.5 Å². The Labute approximate surface area is 103 Å². The molecule has 0 saturated carbocycles. The number of carbonyl (C=O) groups excluding carboxylic acids is 1. The van der Waals surface area contributed by atoms with Gasteiger partial charge >= 0.3 is 5.97 Å². The van der Waals surface area contributed by atoms with E-state index in [1.165, 1.54) is 11.1 Å². The van der Waals surface area contributed by atoms with Gasteiger partial charge in [-0.25, -0.2) is 4.98 Å². The monoisotopic (exact) mass is 254 g/mol. The molecule has 0 aromatic carbocycles. The molecule has 0 unspecified atom stereocenters. The van der Waals surface area contributed by atoms with E-state index in [1.54, 1.807) is 12.1 Å². The lowest BCUT2D eigenvalue weighted by atomic mass is 10.1. The van der Waals surface area contributed by atoms with Gasteiger partial charge in [-0.3, -0.25) is 9.59 Å². The van der Waals surface area contributed by atoms with Crippen LogP contribution in [-0.4, -0.2) is 40.0 Å². The molecule has 1 aromatic rings. The zero-order valence-electron chi connectivity index (χ0n) is 8.97. The summed E-state index contributed by atoms with van der Waals surface area (Å²) in [5.74, 6) is -1.57. The van der Waals surface area contributed by atoms with E-state index in [4.69, 9.17) is 16.7 Å². The molecule has 2 heterocycles. The number of rotatable bonds is 2. The zero-order valence-corrected chi connectivity index (χ0v) is 9.72. The average molecular weight is 255 g/mol. The minimum Gasteiger partial charge on any atom is -0.481 e. The fraction of sp³-hybridized carbons (Fsp3) is 0.364. The van der Waals surface area contributed by atoms with Gasteiger partial charge in [0.05, 0.1) is 10.9 Å². The Balaban J connectivity index is 2.07. The fourth-order valence-corrected chi connectivity index (χ4v) is 1.92. The lowest BCUT2D eigenvalue weighted by Crippen LogP contribution is -2.30. The molecule has 0 aliphatic carbocycles. The third-order valence-electron chi connectivity index (χ3n) is 2.77. The van der Waals surface area contributed by atoms with Crippen LogP contribution in [0.25, 0.3) is 0 Å². The van der Waals surface area contributed by atoms with Gasteiger partial charge in [0.2, 0.25) is 0 Å². The van der Waals surface area contributed by atoms with Crippen LogP contribution in [0.2, 0.25) is 5.02 Å². The molecule has 17 heavy (non-hydrogen) atoms. The second-order valence-electron chi connectivity index (χ2n) is 3.94. The van der Waals surface area contributed by atoms with E-state index in [-0.39, 0.29) is 12.5 Å². The number of nitrogens with zero attached hydrogens (tertiary/aromatic N) is 2. The minimum absolute atomic E-state index is 0.245. The highest BCUT2D eigenvalue weighted by molar-refractivity contribution is 6.30. The number of likely N-dealkylation sites (tertiary alicyclic amines) is 1. The summed E-state index contributed by atoms with van der Waals surface area (Å²) in [5, 5.41) is 9.31. The molecule has 1 aliphatic rings. The van der Waals surface area contributed by atoms with Crippen LogP contribution >= 0.6 is 11.6 Å². The summed E-state index contributed by atoms with van der Waals surface area (Å²) in [4.78, 5) is 28.2. The van der Waals surface area contributed by atoms with Gasteiger partial charge in [0.1, 0.15) is 5.69 Å². The smallest absolute Gasteiger partial charge is 0.308 e. The Morgan fingerprint density at radius 3 is 2.76 bits per heavy atom. The van der Waals surface area contributed by atoms with Crippen molar-refractivity contribution in [3.8, 4) is 0 Å². The molecule has 6 heteroatoms. The van der Waals surface area contributed by atoms with Gasteiger partial charge in [-0.05, 0) is 18.6 Å². The molecule has 1 aromatic heterocycles. The SMILES string of the molecule is O=C(O)[C@@H]1CCN(C(=O)c2ccc(Cl)cn2)C1. The van der Waals surface area contributed by atoms with Crippen molar-refractivity contribution < 1.29 is 14.7 Å². The lowest BCUT2D eigenvalue weighted by Gasteiger charge is -2.14. The van der Waals surface area contributed by atoms with Gasteiger partial charge in [-0.15, -0.1) is 0 Å². The van der Waals surface area contributed by atoms with Crippen LogP contribution in [0, 0.1) is 5.92 Å². The van der Waals surface area contributed by atoms with Crippen molar-refractivity contribution in [3.63, 3.8) is 0 Å². The highest BCUT2D eigenvalue weighted by Gasteiger charge is 2.31. The lowest BCUT2D eigenvalue weighted by molar-refractivity contribution is -0.141. The molecule has 90 valence electrons. The summed E-state index contributed by atoms with van der Waals surface area (Å²) >= 11 is 5.68. The van der Waals surface area contributed by atoms with Crippen molar-refractivity contribution in [2.24, 2.45) is 5.92 Å². The van der Waals surface area contributed by atoms with Crippen LogP contribution in [0.4, 0.5) is 0 Å². The van der Waals surface area contributed by atoms with Crippen molar-refractivity contribution in [1.82, 2.24) is 9.88 Å². The van der Waals surface area contributed by atoms with E-state index in [2.05, 4.69) is 4.98 Å². The van der Waals surface area contributed by atoms with Crippen LogP contribution in [0.3, 0.4) is 0 Å². The number of pyridine rings is 1. The molecule has 1 N–H and O–H groups in total. The quantitative estimate of drug-likeness (QED) is 0.863. The summed E-state index contributed by atoms with van der Waals surface area (Å²) in [7, 11) is 0. The van der Waals surface area contributed by atoms with E-state index < -0.39 is 11.9 Å². The van der Waals surface area contributed by atoms with Crippen molar-refractivity contribution in [3.05, 3.63) is 29.0 Å². The number of amides is 1. The number of hydrogen-bond donors (Lipinski definition) is 1. The summed E-state index contributed by atoms with van der Waals surface area (Å²) in [6, 6.07) is 3.13. The highest BCUT2D eigenvalue weighted by Crippen LogP contribution is 2.18.